The standard InChI is InChI=1S/C15H17BrN4O3S/c1-19-10-17-18-15(19)24(22,23)11-6-8-20(9-7-11)14(21)12-4-2-3-5-13(12)16/h2-5,10-11H,6-9H2,1H3. The van der Waals surface area contributed by atoms with Crippen molar-refractivity contribution >= 4 is 31.7 Å². The van der Waals surface area contributed by atoms with Crippen LogP contribution in [0.25, 0.3) is 0 Å². The van der Waals surface area contributed by atoms with Crippen LogP contribution in [0.2, 0.25) is 0 Å². The maximum atomic E-state index is 12.6. The van der Waals surface area contributed by atoms with E-state index < -0.39 is 15.1 Å². The molecule has 1 aliphatic heterocycles. The summed E-state index contributed by atoms with van der Waals surface area (Å²) in [6.45, 7) is 0.809. The summed E-state index contributed by atoms with van der Waals surface area (Å²) in [5.74, 6) is -0.0861. The molecule has 0 saturated carbocycles. The molecule has 24 heavy (non-hydrogen) atoms. The molecule has 0 radical (unpaired) electrons. The van der Waals surface area contributed by atoms with Gasteiger partial charge >= 0.3 is 0 Å². The highest BCUT2D eigenvalue weighted by atomic mass is 79.9. The maximum Gasteiger partial charge on any atom is 0.254 e. The number of nitrogens with zero attached hydrogens (tertiary/aromatic N) is 4. The average Bonchev–Trinajstić information content (AvgIpc) is 3.02. The van der Waals surface area contributed by atoms with Gasteiger partial charge < -0.3 is 9.47 Å². The zero-order valence-electron chi connectivity index (χ0n) is 13.1. The van der Waals surface area contributed by atoms with Gasteiger partial charge in [0.05, 0.1) is 10.8 Å². The van der Waals surface area contributed by atoms with Gasteiger partial charge in [0.1, 0.15) is 6.33 Å². The second kappa shape index (κ2) is 6.64. The summed E-state index contributed by atoms with van der Waals surface area (Å²) in [6, 6.07) is 7.23. The molecule has 0 bridgehead atoms. The number of halogens is 1. The van der Waals surface area contributed by atoms with E-state index in [1.807, 2.05) is 18.2 Å². The number of sulfone groups is 1. The summed E-state index contributed by atoms with van der Waals surface area (Å²) in [5.41, 5.74) is 0.590. The maximum absolute atomic E-state index is 12.6. The minimum Gasteiger partial charge on any atom is -0.339 e. The minimum absolute atomic E-state index is 0.0157. The number of likely N-dealkylation sites (tertiary alicyclic amines) is 1. The summed E-state index contributed by atoms with van der Waals surface area (Å²) >= 11 is 3.38. The zero-order chi connectivity index (χ0) is 17.3. The van der Waals surface area contributed by atoms with Crippen LogP contribution in [0.1, 0.15) is 23.2 Å². The fourth-order valence-electron chi connectivity index (χ4n) is 2.85. The van der Waals surface area contributed by atoms with Crippen molar-refractivity contribution in [3.05, 3.63) is 40.6 Å². The van der Waals surface area contributed by atoms with Gasteiger partial charge in [-0.2, -0.15) is 0 Å². The molecule has 1 amide bonds. The summed E-state index contributed by atoms with van der Waals surface area (Å²) < 4.78 is 27.4. The van der Waals surface area contributed by atoms with Gasteiger partial charge in [-0.1, -0.05) is 12.1 Å². The van der Waals surface area contributed by atoms with E-state index in [-0.39, 0.29) is 11.1 Å². The lowest BCUT2D eigenvalue weighted by atomic mass is 10.1. The van der Waals surface area contributed by atoms with Gasteiger partial charge in [0.2, 0.25) is 15.0 Å². The van der Waals surface area contributed by atoms with Crippen molar-refractivity contribution in [1.82, 2.24) is 19.7 Å². The van der Waals surface area contributed by atoms with E-state index >= 15 is 0 Å². The van der Waals surface area contributed by atoms with E-state index in [1.165, 1.54) is 10.9 Å². The lowest BCUT2D eigenvalue weighted by Gasteiger charge is -2.31. The van der Waals surface area contributed by atoms with Crippen LogP contribution in [0, 0.1) is 0 Å². The van der Waals surface area contributed by atoms with E-state index in [0.717, 1.165) is 4.47 Å². The number of hydrogen-bond donors (Lipinski definition) is 0. The summed E-state index contributed by atoms with van der Waals surface area (Å²) in [4.78, 5) is 14.3. The number of piperidine rings is 1. The Kier molecular flexibility index (Phi) is 4.73. The normalized spacial score (nSPS) is 16.3. The van der Waals surface area contributed by atoms with Gasteiger partial charge in [0.15, 0.2) is 0 Å². The first-order valence-corrected chi connectivity index (χ1v) is 9.87. The van der Waals surface area contributed by atoms with Gasteiger partial charge in [-0.25, -0.2) is 8.42 Å². The van der Waals surface area contributed by atoms with Crippen molar-refractivity contribution in [3.8, 4) is 0 Å². The molecule has 128 valence electrons. The molecule has 2 heterocycles. The van der Waals surface area contributed by atoms with Crippen LogP contribution in [0.15, 0.2) is 40.2 Å². The molecule has 0 unspecified atom stereocenters. The quantitative estimate of drug-likeness (QED) is 0.764. The van der Waals surface area contributed by atoms with Gasteiger partial charge in [-0.15, -0.1) is 10.2 Å². The average molecular weight is 413 g/mol. The van der Waals surface area contributed by atoms with Gasteiger partial charge in [-0.05, 0) is 40.9 Å². The number of rotatable bonds is 3. The molecular weight excluding hydrogens is 396 g/mol. The number of aromatic nitrogens is 3. The summed E-state index contributed by atoms with van der Waals surface area (Å²) in [7, 11) is -1.92. The van der Waals surface area contributed by atoms with E-state index in [0.29, 0.717) is 31.5 Å². The van der Waals surface area contributed by atoms with Crippen molar-refractivity contribution in [2.45, 2.75) is 23.2 Å². The Hall–Kier alpha value is -1.74. The van der Waals surface area contributed by atoms with E-state index in [4.69, 9.17) is 0 Å². The van der Waals surface area contributed by atoms with Crippen LogP contribution < -0.4 is 0 Å². The number of benzene rings is 1. The molecule has 1 aliphatic rings. The summed E-state index contributed by atoms with van der Waals surface area (Å²) in [5, 5.41) is 6.80. The van der Waals surface area contributed by atoms with Crippen molar-refractivity contribution in [3.63, 3.8) is 0 Å². The Morgan fingerprint density at radius 3 is 2.50 bits per heavy atom. The first-order chi connectivity index (χ1) is 11.4. The monoisotopic (exact) mass is 412 g/mol. The third kappa shape index (κ3) is 3.10. The van der Waals surface area contributed by atoms with Gasteiger partial charge in [0.25, 0.3) is 5.91 Å². The predicted octanol–water partition coefficient (Wildman–Crippen LogP) is 1.66. The van der Waals surface area contributed by atoms with Gasteiger partial charge in [-0.3, -0.25) is 4.79 Å². The number of amides is 1. The first kappa shape index (κ1) is 17.1. The number of aryl methyl sites for hydroxylation is 1. The zero-order valence-corrected chi connectivity index (χ0v) is 15.5. The van der Waals surface area contributed by atoms with E-state index in [2.05, 4.69) is 26.1 Å². The summed E-state index contributed by atoms with van der Waals surface area (Å²) in [6.07, 6.45) is 2.16. The van der Waals surface area contributed by atoms with Crippen LogP contribution in [0.4, 0.5) is 0 Å². The fraction of sp³-hybridized carbons (Fsp3) is 0.400. The first-order valence-electron chi connectivity index (χ1n) is 7.53. The highest BCUT2D eigenvalue weighted by Gasteiger charge is 2.35. The van der Waals surface area contributed by atoms with Crippen molar-refractivity contribution < 1.29 is 13.2 Å². The molecule has 1 aromatic heterocycles. The smallest absolute Gasteiger partial charge is 0.254 e. The van der Waals surface area contributed by atoms with E-state index in [1.54, 1.807) is 18.0 Å². The molecule has 1 saturated heterocycles. The third-order valence-electron chi connectivity index (χ3n) is 4.20. The fourth-order valence-corrected chi connectivity index (χ4v) is 5.05. The molecular formula is C15H17BrN4O3S. The predicted molar refractivity (Wildman–Crippen MR) is 91.3 cm³/mol. The largest absolute Gasteiger partial charge is 0.339 e. The van der Waals surface area contributed by atoms with Crippen LogP contribution in [0.5, 0.6) is 0 Å². The molecule has 1 aromatic carbocycles. The Bertz CT molecular complexity index is 857. The Morgan fingerprint density at radius 1 is 1.25 bits per heavy atom. The molecule has 7 nitrogen and oxygen atoms in total. The third-order valence-corrected chi connectivity index (χ3v) is 7.12. The number of hydrogen-bond acceptors (Lipinski definition) is 5. The number of carbonyl (C=O) groups is 1. The van der Waals surface area contributed by atoms with Crippen LogP contribution in [-0.4, -0.2) is 52.3 Å². The topological polar surface area (TPSA) is 85.2 Å². The minimum atomic E-state index is -3.53. The Labute approximate surface area is 148 Å². The van der Waals surface area contributed by atoms with Crippen LogP contribution in [-0.2, 0) is 16.9 Å². The molecule has 9 heteroatoms. The lowest BCUT2D eigenvalue weighted by Crippen LogP contribution is -2.43. The van der Waals surface area contributed by atoms with Crippen LogP contribution >= 0.6 is 15.9 Å². The molecule has 2 aromatic rings. The molecule has 0 spiro atoms. The van der Waals surface area contributed by atoms with Crippen molar-refractivity contribution in [2.24, 2.45) is 7.05 Å². The highest BCUT2D eigenvalue weighted by Crippen LogP contribution is 2.25. The molecule has 3 rings (SSSR count). The second-order valence-electron chi connectivity index (χ2n) is 5.74. The highest BCUT2D eigenvalue weighted by molar-refractivity contribution is 9.10. The van der Waals surface area contributed by atoms with Crippen molar-refractivity contribution in [1.29, 1.82) is 0 Å². The number of carbonyl (C=O) groups excluding carboxylic acids is 1. The molecule has 0 atom stereocenters. The van der Waals surface area contributed by atoms with Gasteiger partial charge in [0, 0.05) is 24.6 Å². The lowest BCUT2D eigenvalue weighted by molar-refractivity contribution is 0.0724. The molecule has 0 N–H and O–H groups in total. The Balaban J connectivity index is 1.71. The molecule has 1 fully saturated rings. The van der Waals surface area contributed by atoms with E-state index in [9.17, 15) is 13.2 Å². The SMILES string of the molecule is Cn1cnnc1S(=O)(=O)C1CCN(C(=O)c2ccccc2Br)CC1. The molecule has 0 aliphatic carbocycles. The van der Waals surface area contributed by atoms with Crippen LogP contribution in [0.3, 0.4) is 0 Å². The van der Waals surface area contributed by atoms with Crippen molar-refractivity contribution in [2.75, 3.05) is 13.1 Å². The Morgan fingerprint density at radius 2 is 1.92 bits per heavy atom. The second-order valence-corrected chi connectivity index (χ2v) is 8.72.